The molecule has 0 aliphatic carbocycles. The highest BCUT2D eigenvalue weighted by molar-refractivity contribution is 7.73. The molecule has 1 saturated heterocycles. The quantitative estimate of drug-likeness (QED) is 0.709. The first-order valence-electron chi connectivity index (χ1n) is 8.42. The van der Waals surface area contributed by atoms with Gasteiger partial charge in [0.1, 0.15) is 0 Å². The fourth-order valence-corrected chi connectivity index (χ4v) is 3.69. The summed E-state index contributed by atoms with van der Waals surface area (Å²) >= 11 is 6.91. The van der Waals surface area contributed by atoms with Gasteiger partial charge in [-0.25, -0.2) is 4.68 Å². The summed E-state index contributed by atoms with van der Waals surface area (Å²) in [6.45, 7) is 12.9. The van der Waals surface area contributed by atoms with Crippen molar-refractivity contribution >= 4 is 34.6 Å². The lowest BCUT2D eigenvalue weighted by Crippen LogP contribution is -2.50. The third-order valence-electron chi connectivity index (χ3n) is 3.63. The second-order valence-corrected chi connectivity index (χ2v) is 8.35. The number of nitrogens with one attached hydrogen (secondary N) is 2. The van der Waals surface area contributed by atoms with Crippen molar-refractivity contribution in [1.82, 2.24) is 24.9 Å². The minimum absolute atomic E-state index is 0.101. The monoisotopic (exact) mass is 372 g/mol. The van der Waals surface area contributed by atoms with Crippen molar-refractivity contribution < 1.29 is 4.79 Å². The highest BCUT2D eigenvalue weighted by Crippen LogP contribution is 2.16. The number of carbonyl (C=O) groups excluding carboxylic acids is 1. The van der Waals surface area contributed by atoms with Crippen molar-refractivity contribution in [3.8, 4) is 0 Å². The average molecular weight is 373 g/mol. The Kier molecular flexibility index (Phi) is 7.15. The predicted octanol–water partition coefficient (Wildman–Crippen LogP) is 1.59. The molecule has 9 heteroatoms. The van der Waals surface area contributed by atoms with Crippen LogP contribution in [-0.4, -0.2) is 70.3 Å². The maximum atomic E-state index is 11.8. The SMILES string of the molecule is CC(C)NC(=O)CN1CCN(Cn2nc(NC(C)C)sc2=S)CC1. The van der Waals surface area contributed by atoms with Crippen LogP contribution >= 0.6 is 23.6 Å². The second kappa shape index (κ2) is 8.89. The van der Waals surface area contributed by atoms with E-state index >= 15 is 0 Å². The highest BCUT2D eigenvalue weighted by Gasteiger charge is 2.20. The topological polar surface area (TPSA) is 65.4 Å². The molecular formula is C15H28N6OS2. The van der Waals surface area contributed by atoms with Gasteiger partial charge in [0.05, 0.1) is 13.2 Å². The third-order valence-corrected chi connectivity index (χ3v) is 4.87. The van der Waals surface area contributed by atoms with E-state index in [4.69, 9.17) is 12.2 Å². The van der Waals surface area contributed by atoms with E-state index < -0.39 is 0 Å². The van der Waals surface area contributed by atoms with Crippen LogP contribution in [0.25, 0.3) is 0 Å². The van der Waals surface area contributed by atoms with E-state index in [-0.39, 0.29) is 11.9 Å². The number of anilines is 1. The van der Waals surface area contributed by atoms with Gasteiger partial charge in [-0.2, -0.15) is 0 Å². The normalized spacial score (nSPS) is 16.8. The van der Waals surface area contributed by atoms with Gasteiger partial charge >= 0.3 is 0 Å². The van der Waals surface area contributed by atoms with Gasteiger partial charge in [-0.15, -0.1) is 5.10 Å². The standard InChI is InChI=1S/C15H28N6OS2/c1-11(2)16-13(22)9-19-5-7-20(8-6-19)10-21-15(23)24-14(18-21)17-12(3)4/h11-12H,5-10H2,1-4H3,(H,16,22)(H,17,18). The Hall–Kier alpha value is -1.03. The van der Waals surface area contributed by atoms with Crippen LogP contribution in [0.3, 0.4) is 0 Å². The van der Waals surface area contributed by atoms with Gasteiger partial charge in [-0.3, -0.25) is 14.6 Å². The molecular weight excluding hydrogens is 344 g/mol. The molecule has 2 N–H and O–H groups in total. The lowest BCUT2D eigenvalue weighted by molar-refractivity contribution is -0.123. The number of nitrogens with zero attached hydrogens (tertiary/aromatic N) is 4. The van der Waals surface area contributed by atoms with Crippen molar-refractivity contribution in [2.45, 2.75) is 46.4 Å². The van der Waals surface area contributed by atoms with Crippen LogP contribution in [0.5, 0.6) is 0 Å². The fourth-order valence-electron chi connectivity index (χ4n) is 2.55. The lowest BCUT2D eigenvalue weighted by Gasteiger charge is -2.34. The number of rotatable bonds is 7. The summed E-state index contributed by atoms with van der Waals surface area (Å²) in [4.78, 5) is 16.3. The first-order chi connectivity index (χ1) is 11.3. The molecule has 1 aliphatic heterocycles. The number of aromatic nitrogens is 2. The first-order valence-corrected chi connectivity index (χ1v) is 9.64. The van der Waals surface area contributed by atoms with Gasteiger partial charge in [0, 0.05) is 38.3 Å². The van der Waals surface area contributed by atoms with Crippen molar-refractivity contribution in [2.75, 3.05) is 38.0 Å². The average Bonchev–Trinajstić information content (AvgIpc) is 2.79. The Labute approximate surface area is 153 Å². The van der Waals surface area contributed by atoms with E-state index in [1.165, 1.54) is 11.3 Å². The van der Waals surface area contributed by atoms with Crippen LogP contribution < -0.4 is 10.6 Å². The maximum absolute atomic E-state index is 11.8. The summed E-state index contributed by atoms with van der Waals surface area (Å²) in [7, 11) is 0. The molecule has 2 rings (SSSR count). The molecule has 0 aromatic carbocycles. The van der Waals surface area contributed by atoms with Gasteiger partial charge in [0.15, 0.2) is 3.95 Å². The zero-order chi connectivity index (χ0) is 17.7. The van der Waals surface area contributed by atoms with E-state index in [1.807, 2.05) is 18.5 Å². The van der Waals surface area contributed by atoms with Crippen LogP contribution in [0.15, 0.2) is 0 Å². The van der Waals surface area contributed by atoms with Crippen LogP contribution in [-0.2, 0) is 11.5 Å². The summed E-state index contributed by atoms with van der Waals surface area (Å²) in [5, 5.41) is 11.7. The van der Waals surface area contributed by atoms with Crippen molar-refractivity contribution in [1.29, 1.82) is 0 Å². The number of hydrogen-bond donors (Lipinski definition) is 2. The Morgan fingerprint density at radius 2 is 1.79 bits per heavy atom. The molecule has 1 fully saturated rings. The Morgan fingerprint density at radius 1 is 1.17 bits per heavy atom. The van der Waals surface area contributed by atoms with Crippen LogP contribution in [0.4, 0.5) is 5.13 Å². The number of carbonyl (C=O) groups is 1. The zero-order valence-corrected chi connectivity index (χ0v) is 16.5. The summed E-state index contributed by atoms with van der Waals surface area (Å²) in [5.74, 6) is 0.101. The van der Waals surface area contributed by atoms with E-state index in [9.17, 15) is 4.79 Å². The van der Waals surface area contributed by atoms with Crippen molar-refractivity contribution in [3.05, 3.63) is 3.95 Å². The highest BCUT2D eigenvalue weighted by atomic mass is 32.1. The lowest BCUT2D eigenvalue weighted by atomic mass is 10.3. The van der Waals surface area contributed by atoms with Crippen molar-refractivity contribution in [3.63, 3.8) is 0 Å². The fraction of sp³-hybridized carbons (Fsp3) is 0.800. The van der Waals surface area contributed by atoms with Gasteiger partial charge in [-0.1, -0.05) is 11.3 Å². The minimum atomic E-state index is 0.101. The maximum Gasteiger partial charge on any atom is 0.234 e. The Balaban J connectivity index is 1.80. The van der Waals surface area contributed by atoms with E-state index in [2.05, 4.69) is 39.4 Å². The van der Waals surface area contributed by atoms with E-state index in [0.29, 0.717) is 19.3 Å². The molecule has 1 amide bonds. The molecule has 0 unspecified atom stereocenters. The molecule has 136 valence electrons. The Bertz CT molecular complexity index is 589. The summed E-state index contributed by atoms with van der Waals surface area (Å²) < 4.78 is 2.67. The molecule has 0 atom stereocenters. The number of hydrogen-bond acceptors (Lipinski definition) is 7. The first kappa shape index (κ1) is 19.3. The molecule has 2 heterocycles. The molecule has 1 aliphatic rings. The second-order valence-electron chi connectivity index (χ2n) is 6.73. The number of piperazine rings is 1. The van der Waals surface area contributed by atoms with Crippen LogP contribution in [0.2, 0.25) is 0 Å². The van der Waals surface area contributed by atoms with Gasteiger partial charge in [-0.05, 0) is 39.9 Å². The Morgan fingerprint density at radius 3 is 2.38 bits per heavy atom. The summed E-state index contributed by atoms with van der Waals surface area (Å²) in [6, 6.07) is 0.540. The van der Waals surface area contributed by atoms with Gasteiger partial charge in [0.25, 0.3) is 0 Å². The molecule has 0 radical (unpaired) electrons. The van der Waals surface area contributed by atoms with Crippen molar-refractivity contribution in [2.24, 2.45) is 0 Å². The minimum Gasteiger partial charge on any atom is -0.358 e. The molecule has 0 spiro atoms. The third kappa shape index (κ3) is 6.12. The molecule has 24 heavy (non-hydrogen) atoms. The van der Waals surface area contributed by atoms with Crippen LogP contribution in [0.1, 0.15) is 27.7 Å². The van der Waals surface area contributed by atoms with E-state index in [0.717, 1.165) is 35.3 Å². The number of amides is 1. The molecule has 0 bridgehead atoms. The van der Waals surface area contributed by atoms with Gasteiger partial charge < -0.3 is 10.6 Å². The summed E-state index contributed by atoms with van der Waals surface area (Å²) in [5.41, 5.74) is 0. The van der Waals surface area contributed by atoms with Gasteiger partial charge in [0.2, 0.25) is 11.0 Å². The largest absolute Gasteiger partial charge is 0.358 e. The smallest absolute Gasteiger partial charge is 0.234 e. The molecule has 0 saturated carbocycles. The molecule has 1 aromatic rings. The van der Waals surface area contributed by atoms with E-state index in [1.54, 1.807) is 0 Å². The predicted molar refractivity (Wildman–Crippen MR) is 101 cm³/mol. The zero-order valence-electron chi connectivity index (χ0n) is 14.9. The molecule has 7 nitrogen and oxygen atoms in total. The van der Waals surface area contributed by atoms with Crippen LogP contribution in [0, 0.1) is 3.95 Å². The summed E-state index contributed by atoms with van der Waals surface area (Å²) in [6.07, 6.45) is 0. The molecule has 1 aromatic heterocycles.